The third kappa shape index (κ3) is 2.26. The van der Waals surface area contributed by atoms with Gasteiger partial charge < -0.3 is 10.3 Å². The SMILES string of the molecule is N#Cc1c(-c2ccccc2)cn(-c2cccc(F)c2)c1N. The van der Waals surface area contributed by atoms with Gasteiger partial charge >= 0.3 is 0 Å². The summed E-state index contributed by atoms with van der Waals surface area (Å²) in [5, 5.41) is 9.36. The van der Waals surface area contributed by atoms with Gasteiger partial charge in [0.1, 0.15) is 23.3 Å². The quantitative estimate of drug-likeness (QED) is 0.775. The van der Waals surface area contributed by atoms with E-state index in [1.807, 2.05) is 30.3 Å². The van der Waals surface area contributed by atoms with Crippen molar-refractivity contribution < 1.29 is 4.39 Å². The molecule has 0 spiro atoms. The molecule has 21 heavy (non-hydrogen) atoms. The van der Waals surface area contributed by atoms with Crippen LogP contribution in [0.5, 0.6) is 0 Å². The Kier molecular flexibility index (Phi) is 3.17. The van der Waals surface area contributed by atoms with E-state index in [2.05, 4.69) is 6.07 Å². The molecule has 4 heteroatoms. The van der Waals surface area contributed by atoms with E-state index >= 15 is 0 Å². The molecule has 1 aromatic heterocycles. The van der Waals surface area contributed by atoms with Gasteiger partial charge in [0.25, 0.3) is 0 Å². The Hall–Kier alpha value is -3.06. The number of nitrogens with zero attached hydrogens (tertiary/aromatic N) is 2. The van der Waals surface area contributed by atoms with Crippen molar-refractivity contribution in [3.8, 4) is 22.9 Å². The second-order valence-corrected chi connectivity index (χ2v) is 4.63. The average molecular weight is 277 g/mol. The highest BCUT2D eigenvalue weighted by Gasteiger charge is 2.15. The number of halogens is 1. The van der Waals surface area contributed by atoms with Crippen molar-refractivity contribution >= 4 is 5.82 Å². The van der Waals surface area contributed by atoms with Crippen molar-refractivity contribution in [2.45, 2.75) is 0 Å². The molecular weight excluding hydrogens is 265 g/mol. The van der Waals surface area contributed by atoms with E-state index in [4.69, 9.17) is 5.73 Å². The van der Waals surface area contributed by atoms with E-state index in [1.54, 1.807) is 22.9 Å². The predicted molar refractivity (Wildman–Crippen MR) is 80.3 cm³/mol. The standard InChI is InChI=1S/C17H12FN3/c18-13-7-4-8-14(9-13)21-11-16(15(10-19)17(21)20)12-5-2-1-3-6-12/h1-9,11H,20H2. The highest BCUT2D eigenvalue weighted by Crippen LogP contribution is 2.31. The second-order valence-electron chi connectivity index (χ2n) is 4.63. The molecule has 2 N–H and O–H groups in total. The van der Waals surface area contributed by atoms with Crippen LogP contribution in [-0.2, 0) is 0 Å². The molecule has 0 amide bonds. The number of nitrogens with two attached hydrogens (primary N) is 1. The van der Waals surface area contributed by atoms with Crippen LogP contribution >= 0.6 is 0 Å². The van der Waals surface area contributed by atoms with E-state index < -0.39 is 0 Å². The maximum atomic E-state index is 13.4. The first kappa shape index (κ1) is 12.9. The monoisotopic (exact) mass is 277 g/mol. The highest BCUT2D eigenvalue weighted by atomic mass is 19.1. The lowest BCUT2D eigenvalue weighted by atomic mass is 10.1. The Labute approximate surface area is 121 Å². The molecule has 2 aromatic carbocycles. The van der Waals surface area contributed by atoms with Gasteiger partial charge in [0, 0.05) is 17.4 Å². The Bertz CT molecular complexity index is 829. The van der Waals surface area contributed by atoms with Crippen LogP contribution in [0, 0.1) is 17.1 Å². The number of nitrogen functional groups attached to an aromatic ring is 1. The van der Waals surface area contributed by atoms with Gasteiger partial charge in [-0.15, -0.1) is 0 Å². The van der Waals surface area contributed by atoms with Gasteiger partial charge in [-0.05, 0) is 23.8 Å². The molecule has 102 valence electrons. The van der Waals surface area contributed by atoms with Crippen LogP contribution in [0.15, 0.2) is 60.8 Å². The van der Waals surface area contributed by atoms with Gasteiger partial charge in [0.15, 0.2) is 0 Å². The van der Waals surface area contributed by atoms with Crippen molar-refractivity contribution in [1.29, 1.82) is 5.26 Å². The van der Waals surface area contributed by atoms with Crippen LogP contribution in [0.1, 0.15) is 5.56 Å². The van der Waals surface area contributed by atoms with Crippen LogP contribution < -0.4 is 5.73 Å². The molecule has 3 rings (SSSR count). The molecular formula is C17H12FN3. The van der Waals surface area contributed by atoms with Gasteiger partial charge in [-0.25, -0.2) is 4.39 Å². The summed E-state index contributed by atoms with van der Waals surface area (Å²) in [7, 11) is 0. The third-order valence-electron chi connectivity index (χ3n) is 3.33. The largest absolute Gasteiger partial charge is 0.384 e. The minimum atomic E-state index is -0.347. The number of hydrogen-bond donors (Lipinski definition) is 1. The first-order valence-corrected chi connectivity index (χ1v) is 6.43. The Balaban J connectivity index is 2.21. The molecule has 0 unspecified atom stereocenters. The van der Waals surface area contributed by atoms with Crippen molar-refractivity contribution in [3.05, 3.63) is 72.2 Å². The zero-order chi connectivity index (χ0) is 14.8. The normalized spacial score (nSPS) is 10.3. The molecule has 0 radical (unpaired) electrons. The zero-order valence-corrected chi connectivity index (χ0v) is 11.1. The smallest absolute Gasteiger partial charge is 0.126 e. The van der Waals surface area contributed by atoms with Gasteiger partial charge in [0.2, 0.25) is 0 Å². The summed E-state index contributed by atoms with van der Waals surface area (Å²) < 4.78 is 15.0. The Morgan fingerprint density at radius 2 is 1.81 bits per heavy atom. The molecule has 3 aromatic rings. The fourth-order valence-electron chi connectivity index (χ4n) is 2.32. The topological polar surface area (TPSA) is 54.7 Å². The van der Waals surface area contributed by atoms with Crippen molar-refractivity contribution in [2.75, 3.05) is 5.73 Å². The lowest BCUT2D eigenvalue weighted by Gasteiger charge is -2.05. The maximum Gasteiger partial charge on any atom is 0.126 e. The molecule has 0 bridgehead atoms. The van der Waals surface area contributed by atoms with E-state index in [1.165, 1.54) is 12.1 Å². The minimum absolute atomic E-state index is 0.307. The van der Waals surface area contributed by atoms with E-state index in [9.17, 15) is 9.65 Å². The summed E-state index contributed by atoms with van der Waals surface area (Å²) >= 11 is 0. The molecule has 0 atom stereocenters. The highest BCUT2D eigenvalue weighted by molar-refractivity contribution is 5.77. The average Bonchev–Trinajstić information content (AvgIpc) is 2.85. The van der Waals surface area contributed by atoms with Crippen LogP contribution in [0.25, 0.3) is 16.8 Å². The predicted octanol–water partition coefficient (Wildman–Crippen LogP) is 3.74. The number of rotatable bonds is 2. The van der Waals surface area contributed by atoms with E-state index in [0.29, 0.717) is 17.1 Å². The van der Waals surface area contributed by atoms with Gasteiger partial charge in [0.05, 0.1) is 0 Å². The summed E-state index contributed by atoms with van der Waals surface area (Å²) in [5.41, 5.74) is 8.67. The number of aromatic nitrogens is 1. The van der Waals surface area contributed by atoms with Crippen LogP contribution in [-0.4, -0.2) is 4.57 Å². The first-order chi connectivity index (χ1) is 10.2. The number of anilines is 1. The van der Waals surface area contributed by atoms with E-state index in [0.717, 1.165) is 11.1 Å². The van der Waals surface area contributed by atoms with Crippen LogP contribution in [0.3, 0.4) is 0 Å². The third-order valence-corrected chi connectivity index (χ3v) is 3.33. The number of nitriles is 1. The fraction of sp³-hybridized carbons (Fsp3) is 0. The second kappa shape index (κ2) is 5.14. The molecule has 0 aliphatic carbocycles. The van der Waals surface area contributed by atoms with Crippen molar-refractivity contribution in [1.82, 2.24) is 4.57 Å². The Morgan fingerprint density at radius 1 is 1.05 bits per heavy atom. The lowest BCUT2D eigenvalue weighted by Crippen LogP contribution is -1.99. The first-order valence-electron chi connectivity index (χ1n) is 6.43. The molecule has 0 saturated heterocycles. The zero-order valence-electron chi connectivity index (χ0n) is 11.1. The minimum Gasteiger partial charge on any atom is -0.384 e. The summed E-state index contributed by atoms with van der Waals surface area (Å²) in [6, 6.07) is 17.7. The van der Waals surface area contributed by atoms with Crippen LogP contribution in [0.4, 0.5) is 10.2 Å². The molecule has 0 aliphatic heterocycles. The molecule has 0 saturated carbocycles. The lowest BCUT2D eigenvalue weighted by molar-refractivity contribution is 0.626. The van der Waals surface area contributed by atoms with Gasteiger partial charge in [-0.3, -0.25) is 0 Å². The fourth-order valence-corrected chi connectivity index (χ4v) is 2.32. The summed E-state index contributed by atoms with van der Waals surface area (Å²) in [6.45, 7) is 0. The molecule has 1 heterocycles. The van der Waals surface area contributed by atoms with Crippen LogP contribution in [0.2, 0.25) is 0 Å². The number of benzene rings is 2. The Morgan fingerprint density at radius 3 is 2.48 bits per heavy atom. The molecule has 0 aliphatic rings. The van der Waals surface area contributed by atoms with E-state index in [-0.39, 0.29) is 5.82 Å². The summed E-state index contributed by atoms with van der Waals surface area (Å²) in [4.78, 5) is 0. The summed E-state index contributed by atoms with van der Waals surface area (Å²) in [5.74, 6) is -0.0395. The van der Waals surface area contributed by atoms with Gasteiger partial charge in [-0.2, -0.15) is 5.26 Å². The van der Waals surface area contributed by atoms with Gasteiger partial charge in [-0.1, -0.05) is 36.4 Å². The van der Waals surface area contributed by atoms with Crippen molar-refractivity contribution in [2.24, 2.45) is 0 Å². The molecule has 3 nitrogen and oxygen atoms in total. The number of hydrogen-bond acceptors (Lipinski definition) is 2. The van der Waals surface area contributed by atoms with Crippen molar-refractivity contribution in [3.63, 3.8) is 0 Å². The molecule has 0 fully saturated rings. The summed E-state index contributed by atoms with van der Waals surface area (Å²) in [6.07, 6.45) is 1.76. The maximum absolute atomic E-state index is 13.4.